The minimum absolute atomic E-state index is 0.000438. The van der Waals surface area contributed by atoms with E-state index in [0.29, 0.717) is 18.2 Å². The fourth-order valence-corrected chi connectivity index (χ4v) is 5.77. The summed E-state index contributed by atoms with van der Waals surface area (Å²) in [7, 11) is 0. The van der Waals surface area contributed by atoms with Crippen LogP contribution in [0.5, 0.6) is 0 Å². The van der Waals surface area contributed by atoms with Crippen LogP contribution >= 0.6 is 0 Å². The highest BCUT2D eigenvalue weighted by Crippen LogP contribution is 2.46. The summed E-state index contributed by atoms with van der Waals surface area (Å²) in [6.45, 7) is 2.63. The first kappa shape index (κ1) is 34.2. The van der Waals surface area contributed by atoms with E-state index in [4.69, 9.17) is 10.5 Å². The zero-order valence-electron chi connectivity index (χ0n) is 24.5. The lowest BCUT2D eigenvalue weighted by Gasteiger charge is -2.45. The van der Waals surface area contributed by atoms with Gasteiger partial charge < -0.3 is 20.5 Å². The van der Waals surface area contributed by atoms with Gasteiger partial charge in [0.15, 0.2) is 0 Å². The Labute approximate surface area is 261 Å². The first-order valence-electron chi connectivity index (χ1n) is 14.2. The number of nitrogens with two attached hydrogens (primary N) is 1. The Hall–Kier alpha value is -4.19. The third-order valence-corrected chi connectivity index (χ3v) is 8.12. The molecule has 1 saturated heterocycles. The molecule has 0 bridgehead atoms. The molecule has 0 aliphatic carbocycles. The fraction of sp³-hybridized carbons (Fsp3) is 0.448. The molecule has 2 atom stereocenters. The lowest BCUT2D eigenvalue weighted by molar-refractivity contribution is -0.143. The summed E-state index contributed by atoms with van der Waals surface area (Å²) in [4.78, 5) is 27.3. The summed E-state index contributed by atoms with van der Waals surface area (Å²) in [5.41, 5.74) is -0.305. The predicted octanol–water partition coefficient (Wildman–Crippen LogP) is 6.44. The van der Waals surface area contributed by atoms with Crippen molar-refractivity contribution in [2.75, 3.05) is 36.1 Å². The van der Waals surface area contributed by atoms with Gasteiger partial charge in [0.2, 0.25) is 0 Å². The molecule has 254 valence electrons. The molecule has 5 rings (SSSR count). The number of ether oxygens (including phenoxy) is 1. The molecule has 0 radical (unpaired) electrons. The molecule has 9 nitrogen and oxygen atoms in total. The number of morpholine rings is 1. The van der Waals surface area contributed by atoms with Gasteiger partial charge in [-0.25, -0.2) is 19.7 Å². The van der Waals surface area contributed by atoms with Crippen molar-refractivity contribution in [2.24, 2.45) is 5.73 Å². The number of aromatic nitrogens is 3. The van der Waals surface area contributed by atoms with Crippen LogP contribution in [0.25, 0.3) is 0 Å². The monoisotopic (exact) mass is 678 g/mol. The van der Waals surface area contributed by atoms with Crippen molar-refractivity contribution in [1.82, 2.24) is 15.0 Å². The Morgan fingerprint density at radius 3 is 2.11 bits per heavy atom. The highest BCUT2D eigenvalue weighted by atomic mass is 19.4. The number of halogens is 9. The molecule has 3 aromatic rings. The number of hydrogen-bond donors (Lipinski definition) is 2. The van der Waals surface area contributed by atoms with Gasteiger partial charge in [-0.1, -0.05) is 6.92 Å². The summed E-state index contributed by atoms with van der Waals surface area (Å²) in [6, 6.07) is 2.67. The highest BCUT2D eigenvalue weighted by Gasteiger charge is 2.48. The van der Waals surface area contributed by atoms with E-state index in [9.17, 15) is 49.4 Å². The zero-order chi connectivity index (χ0) is 34.5. The number of nitrogens with zero attached hydrogens (tertiary/aromatic N) is 5. The number of amides is 1. The normalized spacial score (nSPS) is 20.7. The van der Waals surface area contributed by atoms with Gasteiger partial charge in [-0.05, 0) is 48.7 Å². The van der Waals surface area contributed by atoms with Gasteiger partial charge in [-0.15, -0.1) is 0 Å². The molecule has 0 spiro atoms. The maximum absolute atomic E-state index is 13.7. The van der Waals surface area contributed by atoms with Crippen LogP contribution in [0.2, 0.25) is 0 Å². The molecule has 0 saturated carbocycles. The van der Waals surface area contributed by atoms with Gasteiger partial charge in [0, 0.05) is 19.5 Å². The lowest BCUT2D eigenvalue weighted by Crippen LogP contribution is -2.61. The van der Waals surface area contributed by atoms with Gasteiger partial charge in [-0.2, -0.15) is 39.5 Å². The van der Waals surface area contributed by atoms with Crippen molar-refractivity contribution in [3.63, 3.8) is 0 Å². The Morgan fingerprint density at radius 2 is 1.57 bits per heavy atom. The zero-order valence-corrected chi connectivity index (χ0v) is 24.5. The first-order chi connectivity index (χ1) is 21.8. The summed E-state index contributed by atoms with van der Waals surface area (Å²) in [5.74, 6) is -1.43. The number of alkyl halides is 9. The van der Waals surface area contributed by atoms with Crippen LogP contribution in [0.15, 0.2) is 36.5 Å². The number of hydrogen-bond acceptors (Lipinski definition) is 7. The van der Waals surface area contributed by atoms with Crippen molar-refractivity contribution in [2.45, 2.75) is 56.3 Å². The number of rotatable bonds is 5. The largest absolute Gasteiger partial charge is 0.465 e. The molecule has 1 amide bonds. The smallest absolute Gasteiger partial charge is 0.433 e. The summed E-state index contributed by atoms with van der Waals surface area (Å²) in [5, 5.41) is 9.97. The van der Waals surface area contributed by atoms with Crippen molar-refractivity contribution in [3.8, 4) is 0 Å². The molecule has 2 aliphatic heterocycles. The van der Waals surface area contributed by atoms with Gasteiger partial charge >= 0.3 is 24.6 Å². The number of fused-ring (bicyclic) bond motifs is 1. The fourth-order valence-electron chi connectivity index (χ4n) is 5.77. The van der Waals surface area contributed by atoms with Gasteiger partial charge in [0.1, 0.15) is 17.2 Å². The van der Waals surface area contributed by atoms with E-state index >= 15 is 0 Å². The van der Waals surface area contributed by atoms with Crippen molar-refractivity contribution < 1.29 is 54.2 Å². The molecule has 2 aromatic heterocycles. The topological polar surface area (TPSA) is 118 Å². The summed E-state index contributed by atoms with van der Waals surface area (Å²) in [6.07, 6.45) is -16.3. The van der Waals surface area contributed by atoms with Gasteiger partial charge in [-0.3, -0.25) is 4.90 Å². The van der Waals surface area contributed by atoms with Crippen LogP contribution in [-0.2, 0) is 29.7 Å². The molecule has 3 N–H and O–H groups in total. The Bertz CT molecular complexity index is 1630. The van der Waals surface area contributed by atoms with Crippen LogP contribution in [0.4, 0.5) is 55.7 Å². The van der Waals surface area contributed by atoms with Crippen LogP contribution in [0.3, 0.4) is 0 Å². The summed E-state index contributed by atoms with van der Waals surface area (Å²) >= 11 is 0. The highest BCUT2D eigenvalue weighted by molar-refractivity contribution is 5.89. The number of carbonyl (C=O) groups is 1. The predicted molar refractivity (Wildman–Crippen MR) is 148 cm³/mol. The van der Waals surface area contributed by atoms with E-state index in [-0.39, 0.29) is 79.4 Å². The van der Waals surface area contributed by atoms with Crippen LogP contribution < -0.4 is 15.5 Å². The Balaban J connectivity index is 1.69. The number of pyridine rings is 1. The third-order valence-electron chi connectivity index (χ3n) is 8.12. The average Bonchev–Trinajstić information content (AvgIpc) is 2.99. The first-order valence-corrected chi connectivity index (χ1v) is 14.2. The molecular weight excluding hydrogens is 651 g/mol. The summed E-state index contributed by atoms with van der Waals surface area (Å²) < 4.78 is 128. The van der Waals surface area contributed by atoms with E-state index in [1.807, 2.05) is 0 Å². The van der Waals surface area contributed by atoms with Crippen molar-refractivity contribution in [1.29, 1.82) is 0 Å². The molecule has 1 fully saturated rings. The molecule has 18 heteroatoms. The number of anilines is 2. The van der Waals surface area contributed by atoms with Crippen LogP contribution in [0.1, 0.15) is 65.3 Å². The second-order valence-electron chi connectivity index (χ2n) is 11.2. The SMILES string of the molecule is CC[C@]1(N)C[C@H](c2ncc(N3CCOCC3)c(Cc3cc(C(F)(F)F)cc(C(F)(F)F)c3)n2)c2nc(C(F)(F)F)ccc2N1C(=O)O. The molecule has 47 heavy (non-hydrogen) atoms. The Kier molecular flexibility index (Phi) is 8.80. The minimum atomic E-state index is -5.10. The maximum Gasteiger partial charge on any atom is 0.433 e. The van der Waals surface area contributed by atoms with E-state index in [1.54, 1.807) is 11.8 Å². The lowest BCUT2D eigenvalue weighted by atomic mass is 9.83. The van der Waals surface area contributed by atoms with E-state index < -0.39 is 59.4 Å². The second kappa shape index (κ2) is 12.1. The van der Waals surface area contributed by atoms with Crippen LogP contribution in [0, 0.1) is 0 Å². The van der Waals surface area contributed by atoms with E-state index in [1.165, 1.54) is 6.20 Å². The Morgan fingerprint density at radius 1 is 0.957 bits per heavy atom. The maximum atomic E-state index is 13.7. The van der Waals surface area contributed by atoms with E-state index in [2.05, 4.69) is 15.0 Å². The molecular formula is C29H27F9N6O3. The van der Waals surface area contributed by atoms with Gasteiger partial charge in [0.05, 0.1) is 59.2 Å². The number of carboxylic acid groups (broad SMARTS) is 1. The minimum Gasteiger partial charge on any atom is -0.465 e. The van der Waals surface area contributed by atoms with Crippen LogP contribution in [-0.4, -0.2) is 58.1 Å². The standard InChI is InChI=1S/C29H27F9N6O3/c1-2-26(39)13-18(23-20(44(26)25(45)46)3-4-22(42-23)29(36,37)38)24-40-14-21(43-5-7-47-8-6-43)19(41-24)11-15-9-16(27(30,31)32)12-17(10-15)28(33,34)35/h3-4,9-10,12,14,18H,2,5-8,11,13,39H2,1H3,(H,45,46)/t18-,26+/m0/s1. The van der Waals surface area contributed by atoms with Gasteiger partial charge in [0.25, 0.3) is 0 Å². The van der Waals surface area contributed by atoms with E-state index in [0.717, 1.165) is 11.0 Å². The molecule has 1 aromatic carbocycles. The molecule has 0 unspecified atom stereocenters. The second-order valence-corrected chi connectivity index (χ2v) is 11.2. The van der Waals surface area contributed by atoms with Crippen molar-refractivity contribution >= 4 is 17.5 Å². The third kappa shape index (κ3) is 6.93. The van der Waals surface area contributed by atoms with Crippen molar-refractivity contribution in [3.05, 3.63) is 76.1 Å². The number of benzene rings is 1. The molecule has 4 heterocycles. The quantitative estimate of drug-likeness (QED) is 0.296. The average molecular weight is 679 g/mol. The molecule has 2 aliphatic rings.